The molecule has 0 bridgehead atoms. The number of rotatable bonds is 2. The molecule has 1 aliphatic rings. The highest BCUT2D eigenvalue weighted by atomic mass is 19.1. The summed E-state index contributed by atoms with van der Waals surface area (Å²) in [5.41, 5.74) is 5.24. The van der Waals surface area contributed by atoms with E-state index in [1.165, 1.54) is 6.07 Å². The van der Waals surface area contributed by atoms with Crippen molar-refractivity contribution < 1.29 is 9.18 Å². The van der Waals surface area contributed by atoms with Crippen molar-refractivity contribution in [3.63, 3.8) is 0 Å². The SMILES string of the molecule is Cc1ccc(-c2cc(-c3cc4c([nH]3)CCNC4=O)ccn2)c(F)c1. The van der Waals surface area contributed by atoms with Gasteiger partial charge in [-0.1, -0.05) is 6.07 Å². The van der Waals surface area contributed by atoms with Gasteiger partial charge in [0.05, 0.1) is 11.3 Å². The van der Waals surface area contributed by atoms with Crippen LogP contribution in [0.1, 0.15) is 21.6 Å². The number of nitrogens with one attached hydrogen (secondary N) is 2. The zero-order valence-electron chi connectivity index (χ0n) is 13.2. The third-order valence-corrected chi connectivity index (χ3v) is 4.28. The maximum atomic E-state index is 14.2. The number of halogens is 1. The molecule has 0 atom stereocenters. The van der Waals surface area contributed by atoms with Crippen LogP contribution in [0.2, 0.25) is 0 Å². The van der Waals surface area contributed by atoms with E-state index in [2.05, 4.69) is 15.3 Å². The predicted molar refractivity (Wildman–Crippen MR) is 90.2 cm³/mol. The molecule has 0 saturated carbocycles. The van der Waals surface area contributed by atoms with Gasteiger partial charge in [-0.3, -0.25) is 9.78 Å². The zero-order valence-corrected chi connectivity index (χ0v) is 13.2. The number of H-pyrrole nitrogens is 1. The Hall–Kier alpha value is -2.95. The number of pyridine rings is 1. The molecule has 0 fully saturated rings. The number of aryl methyl sites for hydroxylation is 1. The number of benzene rings is 1. The molecule has 1 aromatic carbocycles. The fourth-order valence-electron chi connectivity index (χ4n) is 3.02. The molecule has 3 aromatic rings. The van der Waals surface area contributed by atoms with Crippen LogP contribution in [0, 0.1) is 12.7 Å². The highest BCUT2D eigenvalue weighted by molar-refractivity contribution is 5.97. The summed E-state index contributed by atoms with van der Waals surface area (Å²) in [6.07, 6.45) is 2.44. The maximum absolute atomic E-state index is 14.2. The number of hydrogen-bond donors (Lipinski definition) is 2. The van der Waals surface area contributed by atoms with E-state index in [9.17, 15) is 9.18 Å². The average Bonchev–Trinajstić information content (AvgIpc) is 3.01. The number of fused-ring (bicyclic) bond motifs is 1. The molecule has 2 aromatic heterocycles. The first-order valence-corrected chi connectivity index (χ1v) is 7.85. The first-order valence-electron chi connectivity index (χ1n) is 7.85. The quantitative estimate of drug-likeness (QED) is 0.759. The Bertz CT molecular complexity index is 946. The monoisotopic (exact) mass is 321 g/mol. The number of aromatic amines is 1. The molecule has 3 heterocycles. The van der Waals surface area contributed by atoms with Crippen LogP contribution in [0.5, 0.6) is 0 Å². The lowest BCUT2D eigenvalue weighted by Gasteiger charge is -2.11. The fourth-order valence-corrected chi connectivity index (χ4v) is 3.02. The molecule has 1 aliphatic heterocycles. The Morgan fingerprint density at radius 1 is 1.12 bits per heavy atom. The van der Waals surface area contributed by atoms with E-state index in [1.807, 2.05) is 31.2 Å². The summed E-state index contributed by atoms with van der Waals surface area (Å²) in [7, 11) is 0. The molecule has 24 heavy (non-hydrogen) atoms. The molecule has 4 nitrogen and oxygen atoms in total. The minimum Gasteiger partial charge on any atom is -0.358 e. The summed E-state index contributed by atoms with van der Waals surface area (Å²) < 4.78 is 14.2. The summed E-state index contributed by atoms with van der Waals surface area (Å²) in [6.45, 7) is 2.49. The van der Waals surface area contributed by atoms with E-state index < -0.39 is 0 Å². The predicted octanol–water partition coefficient (Wildman–Crippen LogP) is 3.48. The van der Waals surface area contributed by atoms with Gasteiger partial charge in [0.25, 0.3) is 5.91 Å². The highest BCUT2D eigenvalue weighted by Gasteiger charge is 2.20. The topological polar surface area (TPSA) is 57.8 Å². The Kier molecular flexibility index (Phi) is 3.41. The van der Waals surface area contributed by atoms with Crippen LogP contribution in [-0.4, -0.2) is 22.4 Å². The molecule has 0 radical (unpaired) electrons. The molecular weight excluding hydrogens is 305 g/mol. The number of carbonyl (C=O) groups excluding carboxylic acids is 1. The van der Waals surface area contributed by atoms with Gasteiger partial charge in [-0.15, -0.1) is 0 Å². The van der Waals surface area contributed by atoms with Crippen LogP contribution in [0.4, 0.5) is 4.39 Å². The van der Waals surface area contributed by atoms with Crippen LogP contribution < -0.4 is 5.32 Å². The van der Waals surface area contributed by atoms with Crippen molar-refractivity contribution >= 4 is 5.91 Å². The Morgan fingerprint density at radius 2 is 2.00 bits per heavy atom. The number of hydrogen-bond acceptors (Lipinski definition) is 2. The van der Waals surface area contributed by atoms with Crippen LogP contribution in [0.3, 0.4) is 0 Å². The van der Waals surface area contributed by atoms with Gasteiger partial charge in [-0.2, -0.15) is 0 Å². The van der Waals surface area contributed by atoms with E-state index in [-0.39, 0.29) is 11.7 Å². The van der Waals surface area contributed by atoms with Crippen molar-refractivity contribution in [3.8, 4) is 22.5 Å². The Morgan fingerprint density at radius 3 is 2.79 bits per heavy atom. The summed E-state index contributed by atoms with van der Waals surface area (Å²) in [5.74, 6) is -0.345. The molecule has 2 N–H and O–H groups in total. The van der Waals surface area contributed by atoms with Gasteiger partial charge < -0.3 is 10.3 Å². The lowest BCUT2D eigenvalue weighted by molar-refractivity contribution is 0.0946. The average molecular weight is 321 g/mol. The van der Waals surface area contributed by atoms with Gasteiger partial charge in [0.2, 0.25) is 0 Å². The first kappa shape index (κ1) is 14.6. The third-order valence-electron chi connectivity index (χ3n) is 4.28. The third kappa shape index (κ3) is 2.48. The second-order valence-electron chi connectivity index (χ2n) is 5.99. The normalized spacial score (nSPS) is 13.5. The van der Waals surface area contributed by atoms with E-state index in [1.54, 1.807) is 12.3 Å². The van der Waals surface area contributed by atoms with E-state index in [4.69, 9.17) is 0 Å². The highest BCUT2D eigenvalue weighted by Crippen LogP contribution is 2.28. The molecular formula is C19H16FN3O. The largest absolute Gasteiger partial charge is 0.358 e. The maximum Gasteiger partial charge on any atom is 0.253 e. The van der Waals surface area contributed by atoms with Crippen LogP contribution in [-0.2, 0) is 6.42 Å². The van der Waals surface area contributed by atoms with Gasteiger partial charge in [-0.05, 0) is 42.8 Å². The molecule has 4 rings (SSSR count). The standard InChI is InChI=1S/C19H16FN3O/c1-11-2-3-13(15(20)8-11)18-9-12(4-6-21-18)17-10-14-16(23-17)5-7-22-19(14)24/h2-4,6,8-10,23H,5,7H2,1H3,(H,22,24). The van der Waals surface area contributed by atoms with Crippen molar-refractivity contribution in [1.29, 1.82) is 0 Å². The van der Waals surface area contributed by atoms with Crippen molar-refractivity contribution in [1.82, 2.24) is 15.3 Å². The lowest BCUT2D eigenvalue weighted by Crippen LogP contribution is -2.31. The van der Waals surface area contributed by atoms with Gasteiger partial charge in [0.15, 0.2) is 0 Å². The fraction of sp³-hybridized carbons (Fsp3) is 0.158. The minimum absolute atomic E-state index is 0.0578. The molecule has 0 unspecified atom stereocenters. The molecule has 0 aliphatic carbocycles. The zero-order chi connectivity index (χ0) is 16.7. The number of amides is 1. The van der Waals surface area contributed by atoms with Crippen molar-refractivity contribution in [2.24, 2.45) is 0 Å². The van der Waals surface area contributed by atoms with Gasteiger partial charge in [0.1, 0.15) is 5.82 Å². The smallest absolute Gasteiger partial charge is 0.253 e. The number of aromatic nitrogens is 2. The van der Waals surface area contributed by atoms with E-state index in [0.717, 1.165) is 28.9 Å². The number of carbonyl (C=O) groups is 1. The molecule has 0 spiro atoms. The lowest BCUT2D eigenvalue weighted by atomic mass is 10.0. The van der Waals surface area contributed by atoms with Crippen LogP contribution >= 0.6 is 0 Å². The Labute approximate surface area is 138 Å². The van der Waals surface area contributed by atoms with Crippen LogP contribution in [0.25, 0.3) is 22.5 Å². The van der Waals surface area contributed by atoms with Crippen molar-refractivity contribution in [2.45, 2.75) is 13.3 Å². The van der Waals surface area contributed by atoms with Crippen molar-refractivity contribution in [2.75, 3.05) is 6.54 Å². The van der Waals surface area contributed by atoms with Crippen molar-refractivity contribution in [3.05, 3.63) is 65.2 Å². The summed E-state index contributed by atoms with van der Waals surface area (Å²) >= 11 is 0. The van der Waals surface area contributed by atoms with Gasteiger partial charge >= 0.3 is 0 Å². The second kappa shape index (κ2) is 5.60. The number of nitrogens with zero attached hydrogens (tertiary/aromatic N) is 1. The van der Waals surface area contributed by atoms with Crippen LogP contribution in [0.15, 0.2) is 42.6 Å². The summed E-state index contributed by atoms with van der Waals surface area (Å²) in [6, 6.07) is 10.6. The molecule has 1 amide bonds. The van der Waals surface area contributed by atoms with Gasteiger partial charge in [0, 0.05) is 41.7 Å². The molecule has 5 heteroatoms. The molecule has 120 valence electrons. The molecule has 0 saturated heterocycles. The van der Waals surface area contributed by atoms with E-state index in [0.29, 0.717) is 23.4 Å². The van der Waals surface area contributed by atoms with E-state index >= 15 is 0 Å². The second-order valence-corrected chi connectivity index (χ2v) is 5.99. The first-order chi connectivity index (χ1) is 11.6. The summed E-state index contributed by atoms with van der Waals surface area (Å²) in [4.78, 5) is 19.5. The van der Waals surface area contributed by atoms with Gasteiger partial charge in [-0.25, -0.2) is 4.39 Å². The minimum atomic E-state index is -0.287. The Balaban J connectivity index is 1.77. The summed E-state index contributed by atoms with van der Waals surface area (Å²) in [5, 5.41) is 2.83.